The van der Waals surface area contributed by atoms with Gasteiger partial charge in [0.1, 0.15) is 11.9 Å². The van der Waals surface area contributed by atoms with Crippen LogP contribution in [0.4, 0.5) is 5.69 Å². The lowest BCUT2D eigenvalue weighted by Gasteiger charge is -2.30. The van der Waals surface area contributed by atoms with Crippen molar-refractivity contribution in [3.05, 3.63) is 59.2 Å². The number of ether oxygens (including phenoxy) is 1. The molecule has 0 spiro atoms. The molecule has 35 heavy (non-hydrogen) atoms. The van der Waals surface area contributed by atoms with Crippen molar-refractivity contribution in [3.63, 3.8) is 0 Å². The number of benzene rings is 2. The molecule has 2 aliphatic rings. The molecule has 1 heterocycles. The monoisotopic (exact) mass is 476 g/mol. The van der Waals surface area contributed by atoms with Crippen molar-refractivity contribution < 1.29 is 9.53 Å². The lowest BCUT2D eigenvalue weighted by Crippen LogP contribution is -2.40. The number of hydrogen-bond donors (Lipinski definition) is 3. The number of carbonyl (C=O) groups is 1. The smallest absolute Gasteiger partial charge is 0.251 e. The van der Waals surface area contributed by atoms with Crippen LogP contribution in [0.3, 0.4) is 0 Å². The molecule has 1 aliphatic carbocycles. The molecule has 1 aliphatic heterocycles. The number of piperidine rings is 1. The second-order valence-corrected chi connectivity index (χ2v) is 10.2. The van der Waals surface area contributed by atoms with Crippen LogP contribution in [0.2, 0.25) is 0 Å². The number of nitrogens with two attached hydrogens (primary N) is 1. The van der Waals surface area contributed by atoms with Gasteiger partial charge in [-0.05, 0) is 87.5 Å². The molecule has 4 N–H and O–H groups in total. The maximum absolute atomic E-state index is 13.1. The molecule has 0 aromatic heterocycles. The standard InChI is InChI=1S/C29H40N4O2/c1-3-27(20-7-5-4-6-8-20)32-29(34)22-11-14-26(30)25(19-22)28(31)21-9-12-23(13-10-21)35-24-15-17-33(2)18-16-24/h9-14,19-20,24,27,31H,3-8,15-18,30H2,1-2H3,(H,32,34). The van der Waals surface area contributed by atoms with Gasteiger partial charge in [0.25, 0.3) is 5.91 Å². The quantitative estimate of drug-likeness (QED) is 0.359. The van der Waals surface area contributed by atoms with E-state index in [-0.39, 0.29) is 18.1 Å². The maximum Gasteiger partial charge on any atom is 0.251 e. The molecular formula is C29H40N4O2. The van der Waals surface area contributed by atoms with E-state index in [1.165, 1.54) is 32.1 Å². The Morgan fingerprint density at radius 2 is 1.71 bits per heavy atom. The fraction of sp³-hybridized carbons (Fsp3) is 0.517. The summed E-state index contributed by atoms with van der Waals surface area (Å²) in [5.74, 6) is 1.29. The molecule has 188 valence electrons. The molecule has 2 aromatic rings. The molecule has 2 fully saturated rings. The first-order valence-corrected chi connectivity index (χ1v) is 13.2. The van der Waals surface area contributed by atoms with Crippen LogP contribution >= 0.6 is 0 Å². The predicted molar refractivity (Wildman–Crippen MR) is 142 cm³/mol. The Labute approximate surface area is 209 Å². The van der Waals surface area contributed by atoms with Crippen LogP contribution in [0, 0.1) is 11.3 Å². The number of amides is 1. The lowest BCUT2D eigenvalue weighted by molar-refractivity contribution is 0.0911. The van der Waals surface area contributed by atoms with Gasteiger partial charge in [0, 0.05) is 41.5 Å². The Morgan fingerprint density at radius 1 is 1.06 bits per heavy atom. The summed E-state index contributed by atoms with van der Waals surface area (Å²) < 4.78 is 6.14. The summed E-state index contributed by atoms with van der Waals surface area (Å²) in [6.45, 7) is 4.25. The summed E-state index contributed by atoms with van der Waals surface area (Å²) in [6.07, 6.45) is 9.41. The molecule has 0 radical (unpaired) electrons. The van der Waals surface area contributed by atoms with Gasteiger partial charge in [-0.2, -0.15) is 0 Å². The minimum absolute atomic E-state index is 0.0849. The van der Waals surface area contributed by atoms with Crippen LogP contribution < -0.4 is 15.8 Å². The van der Waals surface area contributed by atoms with Gasteiger partial charge in [-0.1, -0.05) is 26.2 Å². The SMILES string of the molecule is CCC(NC(=O)c1ccc(N)c(C(=N)c2ccc(OC3CCN(C)CC3)cc2)c1)C1CCCCC1. The molecule has 1 unspecified atom stereocenters. The highest BCUT2D eigenvalue weighted by Crippen LogP contribution is 2.28. The number of anilines is 1. The van der Waals surface area contributed by atoms with Crippen LogP contribution in [0.15, 0.2) is 42.5 Å². The van der Waals surface area contributed by atoms with E-state index in [2.05, 4.69) is 24.2 Å². The van der Waals surface area contributed by atoms with Crippen molar-refractivity contribution in [1.29, 1.82) is 5.41 Å². The third-order valence-electron chi connectivity index (χ3n) is 7.67. The topological polar surface area (TPSA) is 91.4 Å². The van der Waals surface area contributed by atoms with Crippen molar-refractivity contribution in [2.24, 2.45) is 5.92 Å². The average Bonchev–Trinajstić information content (AvgIpc) is 2.89. The summed E-state index contributed by atoms with van der Waals surface area (Å²) in [5, 5.41) is 12.0. The number of nitrogens with one attached hydrogen (secondary N) is 2. The Balaban J connectivity index is 1.42. The van der Waals surface area contributed by atoms with Crippen LogP contribution in [0.25, 0.3) is 0 Å². The highest BCUT2D eigenvalue weighted by atomic mass is 16.5. The van der Waals surface area contributed by atoms with E-state index in [1.54, 1.807) is 18.2 Å². The zero-order chi connectivity index (χ0) is 24.8. The van der Waals surface area contributed by atoms with Gasteiger partial charge < -0.3 is 20.7 Å². The van der Waals surface area contributed by atoms with Crippen LogP contribution in [-0.4, -0.2) is 48.8 Å². The number of carbonyl (C=O) groups excluding carboxylic acids is 1. The molecule has 6 nitrogen and oxygen atoms in total. The van der Waals surface area contributed by atoms with Gasteiger partial charge >= 0.3 is 0 Å². The van der Waals surface area contributed by atoms with Gasteiger partial charge in [-0.25, -0.2) is 0 Å². The molecule has 1 atom stereocenters. The van der Waals surface area contributed by atoms with E-state index in [0.717, 1.165) is 43.7 Å². The molecule has 0 bridgehead atoms. The van der Waals surface area contributed by atoms with E-state index in [4.69, 9.17) is 15.9 Å². The number of hydrogen-bond acceptors (Lipinski definition) is 5. The Hall–Kier alpha value is -2.86. The molecule has 1 saturated heterocycles. The summed E-state index contributed by atoms with van der Waals surface area (Å²) in [6, 6.07) is 13.1. The summed E-state index contributed by atoms with van der Waals surface area (Å²) in [4.78, 5) is 15.4. The summed E-state index contributed by atoms with van der Waals surface area (Å²) in [5.41, 5.74) is 8.92. The van der Waals surface area contributed by atoms with E-state index < -0.39 is 0 Å². The molecule has 1 saturated carbocycles. The zero-order valence-corrected chi connectivity index (χ0v) is 21.2. The molecule has 6 heteroatoms. The van der Waals surface area contributed by atoms with Crippen molar-refractivity contribution in [2.45, 2.75) is 70.4 Å². The van der Waals surface area contributed by atoms with E-state index in [1.807, 2.05) is 24.3 Å². The lowest BCUT2D eigenvalue weighted by atomic mass is 9.83. The van der Waals surface area contributed by atoms with E-state index in [9.17, 15) is 4.79 Å². The second kappa shape index (κ2) is 11.7. The highest BCUT2D eigenvalue weighted by Gasteiger charge is 2.24. The second-order valence-electron chi connectivity index (χ2n) is 10.2. The Morgan fingerprint density at radius 3 is 2.37 bits per heavy atom. The molecule has 4 rings (SSSR count). The van der Waals surface area contributed by atoms with E-state index in [0.29, 0.717) is 28.4 Å². The number of nitrogens with zero attached hydrogens (tertiary/aromatic N) is 1. The fourth-order valence-corrected chi connectivity index (χ4v) is 5.41. The van der Waals surface area contributed by atoms with Gasteiger partial charge in [-0.3, -0.25) is 10.2 Å². The third-order valence-corrected chi connectivity index (χ3v) is 7.67. The van der Waals surface area contributed by atoms with Crippen molar-refractivity contribution in [3.8, 4) is 5.75 Å². The normalized spacial score (nSPS) is 18.7. The molecule has 1 amide bonds. The number of likely N-dealkylation sites (tertiary alicyclic amines) is 1. The fourth-order valence-electron chi connectivity index (χ4n) is 5.41. The van der Waals surface area contributed by atoms with Crippen molar-refractivity contribution in [1.82, 2.24) is 10.2 Å². The maximum atomic E-state index is 13.1. The third kappa shape index (κ3) is 6.43. The number of rotatable bonds is 8. The average molecular weight is 477 g/mol. The minimum atomic E-state index is -0.0849. The number of nitrogen functional groups attached to an aromatic ring is 1. The Bertz CT molecular complexity index is 1010. The zero-order valence-electron chi connectivity index (χ0n) is 21.2. The van der Waals surface area contributed by atoms with Crippen LogP contribution in [0.5, 0.6) is 5.75 Å². The molecule has 2 aromatic carbocycles. The first-order chi connectivity index (χ1) is 16.9. The first-order valence-electron chi connectivity index (χ1n) is 13.2. The minimum Gasteiger partial charge on any atom is -0.490 e. The van der Waals surface area contributed by atoms with Gasteiger partial charge in [0.15, 0.2) is 0 Å². The van der Waals surface area contributed by atoms with Gasteiger partial charge in [0.05, 0.1) is 5.71 Å². The first kappa shape index (κ1) is 25.2. The van der Waals surface area contributed by atoms with Gasteiger partial charge in [0.2, 0.25) is 0 Å². The molecular weight excluding hydrogens is 436 g/mol. The largest absolute Gasteiger partial charge is 0.490 e. The Kier molecular flexibility index (Phi) is 8.45. The summed E-state index contributed by atoms with van der Waals surface area (Å²) in [7, 11) is 2.14. The van der Waals surface area contributed by atoms with Gasteiger partial charge in [-0.15, -0.1) is 0 Å². The summed E-state index contributed by atoms with van der Waals surface area (Å²) >= 11 is 0. The predicted octanol–water partition coefficient (Wildman–Crippen LogP) is 5.25. The van der Waals surface area contributed by atoms with Crippen molar-refractivity contribution in [2.75, 3.05) is 25.9 Å². The van der Waals surface area contributed by atoms with Crippen LogP contribution in [-0.2, 0) is 0 Å². The van der Waals surface area contributed by atoms with Crippen molar-refractivity contribution >= 4 is 17.3 Å². The van der Waals surface area contributed by atoms with E-state index >= 15 is 0 Å². The highest BCUT2D eigenvalue weighted by molar-refractivity contribution is 6.14. The van der Waals surface area contributed by atoms with Crippen LogP contribution in [0.1, 0.15) is 79.8 Å².